The maximum absolute atomic E-state index is 13.1. The highest BCUT2D eigenvalue weighted by atomic mass is 19.1. The molecular formula is C19H22FN3O2. The summed E-state index contributed by atoms with van der Waals surface area (Å²) in [4.78, 5) is 23.3. The van der Waals surface area contributed by atoms with Crippen LogP contribution in [0.25, 0.3) is 0 Å². The van der Waals surface area contributed by atoms with Gasteiger partial charge in [-0.2, -0.15) is 0 Å². The Morgan fingerprint density at radius 1 is 1.08 bits per heavy atom. The summed E-state index contributed by atoms with van der Waals surface area (Å²) in [5.41, 5.74) is 2.97. The van der Waals surface area contributed by atoms with Gasteiger partial charge in [0.2, 0.25) is 11.8 Å². The summed E-state index contributed by atoms with van der Waals surface area (Å²) < 4.78 is 13.1. The summed E-state index contributed by atoms with van der Waals surface area (Å²) in [6.45, 7) is 5.28. The van der Waals surface area contributed by atoms with E-state index >= 15 is 0 Å². The SMILES string of the molecule is CC(=O)Nc1ccc(C)c(N[C@H](C)CC(=O)Nc2cccc(F)c2)c1. The van der Waals surface area contributed by atoms with Crippen molar-refractivity contribution in [1.82, 2.24) is 0 Å². The van der Waals surface area contributed by atoms with Crippen LogP contribution in [0.2, 0.25) is 0 Å². The van der Waals surface area contributed by atoms with Crippen molar-refractivity contribution in [2.75, 3.05) is 16.0 Å². The number of benzene rings is 2. The molecule has 0 radical (unpaired) electrons. The molecule has 0 saturated heterocycles. The standard InChI is InChI=1S/C19H22FN3O2/c1-12-7-8-17(22-14(3)24)11-18(12)21-13(2)9-19(25)23-16-6-4-5-15(20)10-16/h4-8,10-11,13,21H,9H2,1-3H3,(H,22,24)(H,23,25)/t13-/m1/s1. The van der Waals surface area contributed by atoms with E-state index in [2.05, 4.69) is 16.0 Å². The van der Waals surface area contributed by atoms with Crippen LogP contribution in [0.5, 0.6) is 0 Å². The van der Waals surface area contributed by atoms with Crippen LogP contribution in [0.3, 0.4) is 0 Å². The molecule has 0 heterocycles. The number of hydrogen-bond acceptors (Lipinski definition) is 3. The largest absolute Gasteiger partial charge is 0.382 e. The molecule has 0 fully saturated rings. The number of rotatable bonds is 6. The number of carbonyl (C=O) groups excluding carboxylic acids is 2. The Kier molecular flexibility index (Phi) is 6.11. The van der Waals surface area contributed by atoms with Gasteiger partial charge in [-0.3, -0.25) is 9.59 Å². The Bertz CT molecular complexity index is 777. The lowest BCUT2D eigenvalue weighted by molar-refractivity contribution is -0.116. The van der Waals surface area contributed by atoms with Gasteiger partial charge in [0.1, 0.15) is 5.82 Å². The van der Waals surface area contributed by atoms with Crippen LogP contribution >= 0.6 is 0 Å². The fourth-order valence-electron chi connectivity index (χ4n) is 2.43. The smallest absolute Gasteiger partial charge is 0.226 e. The topological polar surface area (TPSA) is 70.2 Å². The summed E-state index contributed by atoms with van der Waals surface area (Å²) in [5, 5.41) is 8.67. The third kappa shape index (κ3) is 5.91. The van der Waals surface area contributed by atoms with Gasteiger partial charge in [-0.15, -0.1) is 0 Å². The molecule has 2 aromatic rings. The van der Waals surface area contributed by atoms with Crippen LogP contribution in [0.15, 0.2) is 42.5 Å². The lowest BCUT2D eigenvalue weighted by atomic mass is 10.1. The molecule has 3 N–H and O–H groups in total. The van der Waals surface area contributed by atoms with Crippen molar-refractivity contribution >= 4 is 28.9 Å². The minimum absolute atomic E-state index is 0.139. The van der Waals surface area contributed by atoms with Crippen LogP contribution in [0.1, 0.15) is 25.8 Å². The number of aryl methyl sites for hydroxylation is 1. The van der Waals surface area contributed by atoms with Crippen LogP contribution in [0, 0.1) is 12.7 Å². The predicted molar refractivity (Wildman–Crippen MR) is 98.2 cm³/mol. The first-order chi connectivity index (χ1) is 11.8. The molecule has 6 heteroatoms. The minimum Gasteiger partial charge on any atom is -0.382 e. The Morgan fingerprint density at radius 2 is 1.80 bits per heavy atom. The molecule has 0 unspecified atom stereocenters. The van der Waals surface area contributed by atoms with E-state index in [1.54, 1.807) is 12.1 Å². The minimum atomic E-state index is -0.394. The van der Waals surface area contributed by atoms with Gasteiger partial charge in [0.15, 0.2) is 0 Å². The molecule has 0 bridgehead atoms. The van der Waals surface area contributed by atoms with Crippen molar-refractivity contribution in [2.24, 2.45) is 0 Å². The monoisotopic (exact) mass is 343 g/mol. The van der Waals surface area contributed by atoms with Crippen LogP contribution in [-0.2, 0) is 9.59 Å². The number of hydrogen-bond donors (Lipinski definition) is 3. The van der Waals surface area contributed by atoms with Gasteiger partial charge in [0.25, 0.3) is 0 Å². The zero-order valence-electron chi connectivity index (χ0n) is 14.5. The quantitative estimate of drug-likeness (QED) is 0.744. The first-order valence-electron chi connectivity index (χ1n) is 8.03. The predicted octanol–water partition coefficient (Wildman–Crippen LogP) is 3.92. The van der Waals surface area contributed by atoms with E-state index in [-0.39, 0.29) is 24.3 Å². The van der Waals surface area contributed by atoms with Crippen LogP contribution < -0.4 is 16.0 Å². The van der Waals surface area contributed by atoms with Gasteiger partial charge in [-0.1, -0.05) is 12.1 Å². The molecule has 2 rings (SSSR count). The fourth-order valence-corrected chi connectivity index (χ4v) is 2.43. The normalized spacial score (nSPS) is 11.5. The number of carbonyl (C=O) groups is 2. The summed E-state index contributed by atoms with van der Waals surface area (Å²) in [6, 6.07) is 11.2. The molecule has 2 aromatic carbocycles. The third-order valence-electron chi connectivity index (χ3n) is 3.56. The highest BCUT2D eigenvalue weighted by molar-refractivity contribution is 5.91. The van der Waals surface area contributed by atoms with Crippen molar-refractivity contribution < 1.29 is 14.0 Å². The van der Waals surface area contributed by atoms with E-state index < -0.39 is 5.82 Å². The molecule has 0 saturated carbocycles. The first-order valence-corrected chi connectivity index (χ1v) is 8.03. The van der Waals surface area contributed by atoms with Crippen molar-refractivity contribution in [1.29, 1.82) is 0 Å². The van der Waals surface area contributed by atoms with E-state index in [1.807, 2.05) is 32.0 Å². The van der Waals surface area contributed by atoms with Crippen LogP contribution in [0.4, 0.5) is 21.5 Å². The van der Waals surface area contributed by atoms with E-state index in [1.165, 1.54) is 19.1 Å². The second kappa shape index (κ2) is 8.28. The molecule has 0 spiro atoms. The van der Waals surface area contributed by atoms with E-state index in [0.717, 1.165) is 11.3 Å². The van der Waals surface area contributed by atoms with Gasteiger partial charge in [-0.05, 0) is 49.7 Å². The second-order valence-electron chi connectivity index (χ2n) is 6.02. The molecule has 132 valence electrons. The molecule has 0 aliphatic rings. The van der Waals surface area contributed by atoms with Crippen molar-refractivity contribution in [3.63, 3.8) is 0 Å². The maximum Gasteiger partial charge on any atom is 0.226 e. The molecule has 2 amide bonds. The third-order valence-corrected chi connectivity index (χ3v) is 3.56. The zero-order valence-corrected chi connectivity index (χ0v) is 14.5. The second-order valence-corrected chi connectivity index (χ2v) is 6.02. The summed E-state index contributed by atoms with van der Waals surface area (Å²) in [5.74, 6) is -0.743. The Hall–Kier alpha value is -2.89. The number of nitrogens with one attached hydrogen (secondary N) is 3. The Labute approximate surface area is 146 Å². The Morgan fingerprint density at radius 3 is 2.48 bits per heavy atom. The number of halogens is 1. The van der Waals surface area contributed by atoms with Crippen LogP contribution in [-0.4, -0.2) is 17.9 Å². The van der Waals surface area contributed by atoms with Gasteiger partial charge in [0.05, 0.1) is 0 Å². The lowest BCUT2D eigenvalue weighted by Crippen LogP contribution is -2.24. The summed E-state index contributed by atoms with van der Waals surface area (Å²) >= 11 is 0. The summed E-state index contributed by atoms with van der Waals surface area (Å²) in [6.07, 6.45) is 0.223. The van der Waals surface area contributed by atoms with Gasteiger partial charge < -0.3 is 16.0 Å². The zero-order chi connectivity index (χ0) is 18.4. The molecule has 1 atom stereocenters. The molecule has 25 heavy (non-hydrogen) atoms. The van der Waals surface area contributed by atoms with Gasteiger partial charge >= 0.3 is 0 Å². The molecule has 0 aliphatic carbocycles. The molecule has 0 aromatic heterocycles. The highest BCUT2D eigenvalue weighted by Crippen LogP contribution is 2.21. The van der Waals surface area contributed by atoms with Gasteiger partial charge in [-0.25, -0.2) is 4.39 Å². The van der Waals surface area contributed by atoms with Gasteiger partial charge in [0, 0.05) is 36.4 Å². The van der Waals surface area contributed by atoms with Crippen molar-refractivity contribution in [3.05, 3.63) is 53.8 Å². The fraction of sp³-hybridized carbons (Fsp3) is 0.263. The van der Waals surface area contributed by atoms with Crippen molar-refractivity contribution in [3.8, 4) is 0 Å². The number of amides is 2. The van der Waals surface area contributed by atoms with Crippen molar-refractivity contribution in [2.45, 2.75) is 33.2 Å². The average Bonchev–Trinajstić information content (AvgIpc) is 2.49. The van der Waals surface area contributed by atoms with E-state index in [4.69, 9.17) is 0 Å². The molecular weight excluding hydrogens is 321 g/mol. The van der Waals surface area contributed by atoms with E-state index in [9.17, 15) is 14.0 Å². The lowest BCUT2D eigenvalue weighted by Gasteiger charge is -2.18. The van der Waals surface area contributed by atoms with E-state index in [0.29, 0.717) is 11.4 Å². The molecule has 0 aliphatic heterocycles. The first kappa shape index (κ1) is 18.4. The molecule has 5 nitrogen and oxygen atoms in total. The highest BCUT2D eigenvalue weighted by Gasteiger charge is 2.11. The summed E-state index contributed by atoms with van der Waals surface area (Å²) in [7, 11) is 0. The number of anilines is 3. The maximum atomic E-state index is 13.1. The Balaban J connectivity index is 1.96. The average molecular weight is 343 g/mol.